The van der Waals surface area contributed by atoms with Gasteiger partial charge in [0.2, 0.25) is 5.91 Å². The van der Waals surface area contributed by atoms with Crippen molar-refractivity contribution in [2.24, 2.45) is 5.10 Å². The van der Waals surface area contributed by atoms with Crippen LogP contribution in [0, 0.1) is 3.57 Å². The van der Waals surface area contributed by atoms with Crippen molar-refractivity contribution in [3.63, 3.8) is 0 Å². The highest BCUT2D eigenvalue weighted by molar-refractivity contribution is 14.1. The Bertz CT molecular complexity index is 702. The normalized spacial score (nSPS) is 10.7. The van der Waals surface area contributed by atoms with Gasteiger partial charge in [-0.2, -0.15) is 5.10 Å². The summed E-state index contributed by atoms with van der Waals surface area (Å²) in [6.07, 6.45) is 1.79. The predicted molar refractivity (Wildman–Crippen MR) is 97.9 cm³/mol. The number of hydrogen-bond acceptors (Lipinski definition) is 4. The van der Waals surface area contributed by atoms with E-state index in [1.165, 1.54) is 6.21 Å². The fourth-order valence-electron chi connectivity index (χ4n) is 1.93. The maximum Gasteiger partial charge on any atom is 0.244 e. The van der Waals surface area contributed by atoms with Crippen LogP contribution in [-0.4, -0.2) is 23.8 Å². The van der Waals surface area contributed by atoms with Crippen LogP contribution < -0.4 is 10.2 Å². The molecule has 6 heteroatoms. The van der Waals surface area contributed by atoms with Crippen LogP contribution in [0.15, 0.2) is 47.6 Å². The molecule has 2 aromatic rings. The Labute approximate surface area is 148 Å². The minimum atomic E-state index is -0.189. The quantitative estimate of drug-likeness (QED) is 0.426. The van der Waals surface area contributed by atoms with E-state index in [9.17, 15) is 9.90 Å². The Kier molecular flexibility index (Phi) is 6.40. The van der Waals surface area contributed by atoms with Crippen LogP contribution in [0.2, 0.25) is 0 Å². The summed E-state index contributed by atoms with van der Waals surface area (Å²) in [7, 11) is 0. The molecule has 0 spiro atoms. The van der Waals surface area contributed by atoms with Crippen molar-refractivity contribution in [3.8, 4) is 11.5 Å². The van der Waals surface area contributed by atoms with Gasteiger partial charge in [-0.1, -0.05) is 30.3 Å². The topological polar surface area (TPSA) is 70.9 Å². The Hall–Kier alpha value is -2.09. The van der Waals surface area contributed by atoms with Crippen molar-refractivity contribution >= 4 is 34.7 Å². The number of carbonyl (C=O) groups excluding carboxylic acids is 1. The van der Waals surface area contributed by atoms with Gasteiger partial charge in [-0.15, -0.1) is 0 Å². The predicted octanol–water partition coefficient (Wildman–Crippen LogP) is 3.09. The van der Waals surface area contributed by atoms with Crippen LogP contribution in [0.25, 0.3) is 0 Å². The summed E-state index contributed by atoms with van der Waals surface area (Å²) in [5, 5.41) is 13.8. The zero-order valence-corrected chi connectivity index (χ0v) is 14.8. The van der Waals surface area contributed by atoms with Crippen LogP contribution in [0.1, 0.15) is 18.1 Å². The molecule has 0 fully saturated rings. The molecule has 0 radical (unpaired) electrons. The SMILES string of the molecule is CCOc1cc(/C=N\NC(=O)Cc2ccccc2)cc(I)c1O. The highest BCUT2D eigenvalue weighted by Gasteiger charge is 2.08. The Morgan fingerprint density at radius 2 is 2.09 bits per heavy atom. The number of phenolic OH excluding ortho intramolecular Hbond substituents is 1. The molecule has 0 aliphatic carbocycles. The van der Waals surface area contributed by atoms with Gasteiger partial charge < -0.3 is 9.84 Å². The van der Waals surface area contributed by atoms with Gasteiger partial charge in [0, 0.05) is 0 Å². The number of carbonyl (C=O) groups is 1. The molecular formula is C17H17IN2O3. The molecule has 0 aromatic heterocycles. The maximum atomic E-state index is 11.8. The molecule has 23 heavy (non-hydrogen) atoms. The van der Waals surface area contributed by atoms with Gasteiger partial charge in [0.05, 0.1) is 22.8 Å². The fourth-order valence-corrected chi connectivity index (χ4v) is 2.56. The van der Waals surface area contributed by atoms with E-state index in [1.54, 1.807) is 12.1 Å². The number of halogens is 1. The number of nitrogens with zero attached hydrogens (tertiary/aromatic N) is 1. The van der Waals surface area contributed by atoms with Gasteiger partial charge in [0.25, 0.3) is 0 Å². The average Bonchev–Trinajstić information content (AvgIpc) is 2.53. The maximum absolute atomic E-state index is 11.8. The second-order valence-electron chi connectivity index (χ2n) is 4.74. The molecule has 0 unspecified atom stereocenters. The lowest BCUT2D eigenvalue weighted by Gasteiger charge is -2.08. The molecule has 0 aliphatic heterocycles. The Morgan fingerprint density at radius 1 is 1.35 bits per heavy atom. The van der Waals surface area contributed by atoms with Crippen LogP contribution >= 0.6 is 22.6 Å². The number of rotatable bonds is 6. The first-order chi connectivity index (χ1) is 11.1. The summed E-state index contributed by atoms with van der Waals surface area (Å²) in [5.74, 6) is 0.320. The molecule has 0 bridgehead atoms. The molecule has 0 aliphatic rings. The lowest BCUT2D eigenvalue weighted by Crippen LogP contribution is -2.19. The summed E-state index contributed by atoms with van der Waals surface area (Å²) in [6, 6.07) is 12.9. The van der Waals surface area contributed by atoms with E-state index < -0.39 is 0 Å². The van der Waals surface area contributed by atoms with Crippen molar-refractivity contribution in [1.82, 2.24) is 5.43 Å². The second-order valence-corrected chi connectivity index (χ2v) is 5.90. The molecule has 1 amide bonds. The Balaban J connectivity index is 1.99. The smallest absolute Gasteiger partial charge is 0.244 e. The zero-order valence-electron chi connectivity index (χ0n) is 12.6. The third-order valence-electron chi connectivity index (χ3n) is 2.96. The third kappa shape index (κ3) is 5.24. The van der Waals surface area contributed by atoms with Crippen LogP contribution in [-0.2, 0) is 11.2 Å². The summed E-state index contributed by atoms with van der Waals surface area (Å²) in [6.45, 7) is 2.30. The average molecular weight is 424 g/mol. The molecule has 120 valence electrons. The van der Waals surface area contributed by atoms with E-state index in [1.807, 2.05) is 59.8 Å². The van der Waals surface area contributed by atoms with Crippen LogP contribution in [0.4, 0.5) is 0 Å². The zero-order chi connectivity index (χ0) is 16.7. The number of amides is 1. The molecular weight excluding hydrogens is 407 g/mol. The van der Waals surface area contributed by atoms with E-state index >= 15 is 0 Å². The molecule has 0 saturated heterocycles. The summed E-state index contributed by atoms with van der Waals surface area (Å²) in [5.41, 5.74) is 4.15. The number of nitrogens with one attached hydrogen (secondary N) is 1. The highest BCUT2D eigenvalue weighted by atomic mass is 127. The monoisotopic (exact) mass is 424 g/mol. The van der Waals surface area contributed by atoms with E-state index in [-0.39, 0.29) is 18.1 Å². The number of hydrazone groups is 1. The first-order valence-corrected chi connectivity index (χ1v) is 8.19. The van der Waals surface area contributed by atoms with E-state index in [4.69, 9.17) is 4.74 Å². The standard InChI is InChI=1S/C17H17IN2O3/c1-2-23-15-9-13(8-14(18)17(15)22)11-19-20-16(21)10-12-6-4-3-5-7-12/h3-9,11,22H,2,10H2,1H3,(H,20,21)/b19-11-. The van der Waals surface area contributed by atoms with Crippen molar-refractivity contribution in [2.45, 2.75) is 13.3 Å². The summed E-state index contributed by atoms with van der Waals surface area (Å²) >= 11 is 2.02. The number of benzene rings is 2. The van der Waals surface area contributed by atoms with E-state index in [2.05, 4.69) is 10.5 Å². The van der Waals surface area contributed by atoms with Gasteiger partial charge in [-0.3, -0.25) is 4.79 Å². The number of ether oxygens (including phenoxy) is 1. The minimum Gasteiger partial charge on any atom is -0.504 e. The summed E-state index contributed by atoms with van der Waals surface area (Å²) < 4.78 is 6.02. The summed E-state index contributed by atoms with van der Waals surface area (Å²) in [4.78, 5) is 11.8. The highest BCUT2D eigenvalue weighted by Crippen LogP contribution is 2.32. The second kappa shape index (κ2) is 8.52. The van der Waals surface area contributed by atoms with Gasteiger partial charge in [0.1, 0.15) is 0 Å². The molecule has 0 heterocycles. The Morgan fingerprint density at radius 3 is 2.78 bits per heavy atom. The van der Waals surface area contributed by atoms with Gasteiger partial charge in [-0.25, -0.2) is 5.43 Å². The van der Waals surface area contributed by atoms with Crippen molar-refractivity contribution in [2.75, 3.05) is 6.61 Å². The van der Waals surface area contributed by atoms with Crippen LogP contribution in [0.5, 0.6) is 11.5 Å². The lowest BCUT2D eigenvalue weighted by atomic mass is 10.1. The molecule has 0 atom stereocenters. The first-order valence-electron chi connectivity index (χ1n) is 7.11. The van der Waals surface area contributed by atoms with Crippen molar-refractivity contribution in [1.29, 1.82) is 0 Å². The van der Waals surface area contributed by atoms with Crippen LogP contribution in [0.3, 0.4) is 0 Å². The van der Waals surface area contributed by atoms with Gasteiger partial charge in [-0.05, 0) is 52.8 Å². The third-order valence-corrected chi connectivity index (χ3v) is 3.78. The van der Waals surface area contributed by atoms with E-state index in [0.717, 1.165) is 11.1 Å². The largest absolute Gasteiger partial charge is 0.504 e. The molecule has 2 rings (SSSR count). The molecule has 5 nitrogen and oxygen atoms in total. The van der Waals surface area contributed by atoms with E-state index in [0.29, 0.717) is 15.9 Å². The minimum absolute atomic E-state index is 0.109. The lowest BCUT2D eigenvalue weighted by molar-refractivity contribution is -0.120. The number of aromatic hydroxyl groups is 1. The molecule has 2 N–H and O–H groups in total. The van der Waals surface area contributed by atoms with Crippen molar-refractivity contribution < 1.29 is 14.6 Å². The van der Waals surface area contributed by atoms with Gasteiger partial charge >= 0.3 is 0 Å². The molecule has 0 saturated carbocycles. The number of hydrogen-bond donors (Lipinski definition) is 2. The molecule has 2 aromatic carbocycles. The van der Waals surface area contributed by atoms with Gasteiger partial charge in [0.15, 0.2) is 11.5 Å². The fraction of sp³-hybridized carbons (Fsp3) is 0.176. The van der Waals surface area contributed by atoms with Crippen molar-refractivity contribution in [3.05, 3.63) is 57.2 Å². The number of phenols is 1. The first kappa shape index (κ1) is 17.3.